The molecule has 1 aliphatic rings. The molecule has 8 heteroatoms. The van der Waals surface area contributed by atoms with Crippen molar-refractivity contribution in [1.29, 1.82) is 0 Å². The van der Waals surface area contributed by atoms with Crippen molar-refractivity contribution in [2.24, 2.45) is 0 Å². The van der Waals surface area contributed by atoms with Crippen molar-refractivity contribution in [1.82, 2.24) is 20.1 Å². The molecule has 0 fully saturated rings. The zero-order valence-corrected chi connectivity index (χ0v) is 17.8. The lowest BCUT2D eigenvalue weighted by molar-refractivity contribution is 0.0274. The molecular weight excluding hydrogens is 408 g/mol. The van der Waals surface area contributed by atoms with E-state index < -0.39 is 6.09 Å². The number of carbonyl (C=O) groups is 2. The number of aromatic nitrogens is 1. The molecule has 0 spiro atoms. The maximum absolute atomic E-state index is 12.7. The zero-order chi connectivity index (χ0) is 22.5. The molecule has 1 aliphatic heterocycles. The standard InChI is InChI=1S/C24H26N4O4/c1-17(25-23(29)22-12-19-9-5-6-10-21(19)26-22)11-20-13-27(24(30)31)15-28(20)16-32-14-18-7-3-2-4-8-18/h2-10,12-13,17,26H,11,14-16H2,1H3,(H,25,29)(H,30,31)/t17-/m1/s1. The third-order valence-corrected chi connectivity index (χ3v) is 5.31. The van der Waals surface area contributed by atoms with E-state index in [0.717, 1.165) is 22.2 Å². The van der Waals surface area contributed by atoms with Crippen molar-refractivity contribution in [3.63, 3.8) is 0 Å². The van der Waals surface area contributed by atoms with E-state index in [0.29, 0.717) is 18.7 Å². The Hall–Kier alpha value is -3.78. The van der Waals surface area contributed by atoms with Crippen molar-refractivity contribution in [2.75, 3.05) is 13.4 Å². The van der Waals surface area contributed by atoms with E-state index >= 15 is 0 Å². The van der Waals surface area contributed by atoms with E-state index in [1.807, 2.05) is 72.5 Å². The molecule has 0 saturated heterocycles. The summed E-state index contributed by atoms with van der Waals surface area (Å²) in [5.74, 6) is -0.200. The lowest BCUT2D eigenvalue weighted by Crippen LogP contribution is -2.36. The monoisotopic (exact) mass is 434 g/mol. The van der Waals surface area contributed by atoms with Crippen molar-refractivity contribution in [3.8, 4) is 0 Å². The van der Waals surface area contributed by atoms with E-state index in [4.69, 9.17) is 4.74 Å². The van der Waals surface area contributed by atoms with Crippen LogP contribution in [0, 0.1) is 0 Å². The summed E-state index contributed by atoms with van der Waals surface area (Å²) in [6, 6.07) is 19.1. The van der Waals surface area contributed by atoms with Crippen molar-refractivity contribution < 1.29 is 19.4 Å². The minimum absolute atomic E-state index is 0.197. The van der Waals surface area contributed by atoms with Gasteiger partial charge in [0, 0.05) is 35.3 Å². The molecule has 0 unspecified atom stereocenters. The summed E-state index contributed by atoms with van der Waals surface area (Å²) in [5.41, 5.74) is 3.24. The van der Waals surface area contributed by atoms with Crippen molar-refractivity contribution in [2.45, 2.75) is 26.0 Å². The first-order valence-corrected chi connectivity index (χ1v) is 10.4. The highest BCUT2D eigenvalue weighted by atomic mass is 16.5. The van der Waals surface area contributed by atoms with Gasteiger partial charge in [-0.2, -0.15) is 0 Å². The van der Waals surface area contributed by atoms with Gasteiger partial charge in [0.15, 0.2) is 0 Å². The van der Waals surface area contributed by atoms with Gasteiger partial charge in [0.1, 0.15) is 19.1 Å². The average molecular weight is 434 g/mol. The third-order valence-electron chi connectivity index (χ3n) is 5.31. The molecule has 2 heterocycles. The molecular formula is C24H26N4O4. The number of hydrogen-bond donors (Lipinski definition) is 3. The van der Waals surface area contributed by atoms with Crippen LogP contribution in [-0.4, -0.2) is 51.3 Å². The Balaban J connectivity index is 1.36. The molecule has 2 amide bonds. The summed E-state index contributed by atoms with van der Waals surface area (Å²) >= 11 is 0. The zero-order valence-electron chi connectivity index (χ0n) is 17.8. The summed E-state index contributed by atoms with van der Waals surface area (Å²) in [7, 11) is 0. The molecule has 166 valence electrons. The van der Waals surface area contributed by atoms with Crippen LogP contribution in [0.25, 0.3) is 10.9 Å². The number of H-pyrrole nitrogens is 1. The lowest BCUT2D eigenvalue weighted by Gasteiger charge is -2.24. The Kier molecular flexibility index (Phi) is 6.42. The molecule has 32 heavy (non-hydrogen) atoms. The number of nitrogens with zero attached hydrogens (tertiary/aromatic N) is 2. The maximum atomic E-state index is 12.7. The van der Waals surface area contributed by atoms with Gasteiger partial charge in [-0.1, -0.05) is 48.5 Å². The summed E-state index contributed by atoms with van der Waals surface area (Å²) < 4.78 is 5.80. The van der Waals surface area contributed by atoms with Crippen LogP contribution in [0.2, 0.25) is 0 Å². The molecule has 8 nitrogen and oxygen atoms in total. The quantitative estimate of drug-likeness (QED) is 0.499. The first-order chi connectivity index (χ1) is 15.5. The molecule has 0 bridgehead atoms. The number of fused-ring (bicyclic) bond motifs is 1. The normalized spacial score (nSPS) is 14.5. The first kappa shape index (κ1) is 21.5. The van der Waals surface area contributed by atoms with Gasteiger partial charge in [-0.05, 0) is 24.6 Å². The second-order valence-corrected chi connectivity index (χ2v) is 7.87. The fourth-order valence-corrected chi connectivity index (χ4v) is 3.71. The van der Waals surface area contributed by atoms with Gasteiger partial charge >= 0.3 is 6.09 Å². The number of nitrogens with one attached hydrogen (secondary N) is 2. The average Bonchev–Trinajstić information content (AvgIpc) is 3.39. The highest BCUT2D eigenvalue weighted by molar-refractivity contribution is 5.98. The van der Waals surface area contributed by atoms with E-state index in [-0.39, 0.29) is 25.3 Å². The van der Waals surface area contributed by atoms with Crippen LogP contribution in [0.15, 0.2) is 72.6 Å². The summed E-state index contributed by atoms with van der Waals surface area (Å²) in [6.07, 6.45) is 1.05. The topological polar surface area (TPSA) is 97.9 Å². The number of carbonyl (C=O) groups excluding carboxylic acids is 1. The van der Waals surface area contributed by atoms with Crippen LogP contribution in [-0.2, 0) is 11.3 Å². The van der Waals surface area contributed by atoms with E-state index in [1.165, 1.54) is 4.90 Å². The minimum Gasteiger partial charge on any atom is -0.465 e. The van der Waals surface area contributed by atoms with Crippen LogP contribution in [0.4, 0.5) is 4.79 Å². The molecule has 0 radical (unpaired) electrons. The number of carboxylic acid groups (broad SMARTS) is 1. The lowest BCUT2D eigenvalue weighted by atomic mass is 10.1. The fourth-order valence-electron chi connectivity index (χ4n) is 3.71. The van der Waals surface area contributed by atoms with Crippen LogP contribution < -0.4 is 5.32 Å². The molecule has 1 aromatic heterocycles. The van der Waals surface area contributed by atoms with Crippen LogP contribution in [0.3, 0.4) is 0 Å². The first-order valence-electron chi connectivity index (χ1n) is 10.4. The Labute approximate surface area is 186 Å². The summed E-state index contributed by atoms with van der Waals surface area (Å²) in [4.78, 5) is 30.3. The number of hydrogen-bond acceptors (Lipinski definition) is 4. The maximum Gasteiger partial charge on any atom is 0.412 e. The Morgan fingerprint density at radius 3 is 2.66 bits per heavy atom. The second-order valence-electron chi connectivity index (χ2n) is 7.87. The number of amides is 2. The SMILES string of the molecule is C[C@H](CC1=CN(C(=O)O)CN1COCc1ccccc1)NC(=O)c1cc2ccccc2[nH]1. The Bertz CT molecular complexity index is 1090. The van der Waals surface area contributed by atoms with E-state index in [9.17, 15) is 14.7 Å². The number of aromatic amines is 1. The Morgan fingerprint density at radius 1 is 1.16 bits per heavy atom. The molecule has 1 atom stereocenters. The fraction of sp³-hybridized carbons (Fsp3) is 0.250. The molecule has 4 rings (SSSR count). The highest BCUT2D eigenvalue weighted by Gasteiger charge is 2.26. The smallest absolute Gasteiger partial charge is 0.412 e. The van der Waals surface area contributed by atoms with Gasteiger partial charge in [-0.25, -0.2) is 4.79 Å². The summed E-state index contributed by atoms with van der Waals surface area (Å²) in [6.45, 7) is 2.79. The highest BCUT2D eigenvalue weighted by Crippen LogP contribution is 2.21. The Morgan fingerprint density at radius 2 is 1.91 bits per heavy atom. The molecule has 2 aromatic carbocycles. The summed E-state index contributed by atoms with van der Waals surface area (Å²) in [5, 5.41) is 13.4. The predicted molar refractivity (Wildman–Crippen MR) is 121 cm³/mol. The molecule has 3 aromatic rings. The van der Waals surface area contributed by atoms with Crippen molar-refractivity contribution >= 4 is 22.9 Å². The number of ether oxygens (including phenoxy) is 1. The number of benzene rings is 2. The van der Waals surface area contributed by atoms with Gasteiger partial charge in [-0.3, -0.25) is 9.69 Å². The molecule has 3 N–H and O–H groups in total. The van der Waals surface area contributed by atoms with Gasteiger partial charge in [0.25, 0.3) is 5.91 Å². The number of rotatable bonds is 8. The predicted octanol–water partition coefficient (Wildman–Crippen LogP) is 3.95. The van der Waals surface area contributed by atoms with Crippen LogP contribution in [0.5, 0.6) is 0 Å². The molecule has 0 aliphatic carbocycles. The van der Waals surface area contributed by atoms with E-state index in [2.05, 4.69) is 10.3 Å². The van der Waals surface area contributed by atoms with Crippen molar-refractivity contribution in [3.05, 3.63) is 83.8 Å². The van der Waals surface area contributed by atoms with Gasteiger partial charge in [0.05, 0.1) is 6.61 Å². The largest absolute Gasteiger partial charge is 0.465 e. The van der Waals surface area contributed by atoms with Gasteiger partial charge < -0.3 is 25.0 Å². The van der Waals surface area contributed by atoms with Crippen LogP contribution >= 0.6 is 0 Å². The van der Waals surface area contributed by atoms with Gasteiger partial charge in [0.2, 0.25) is 0 Å². The minimum atomic E-state index is -1.03. The van der Waals surface area contributed by atoms with Crippen LogP contribution in [0.1, 0.15) is 29.4 Å². The van der Waals surface area contributed by atoms with E-state index in [1.54, 1.807) is 6.20 Å². The molecule has 0 saturated carbocycles. The van der Waals surface area contributed by atoms with Gasteiger partial charge in [-0.15, -0.1) is 0 Å². The third kappa shape index (κ3) is 5.09. The number of para-hydroxylation sites is 1. The second kappa shape index (κ2) is 9.57.